The normalized spacial score (nSPS) is 12.1. The lowest BCUT2D eigenvalue weighted by molar-refractivity contribution is 0.0935. The maximum atomic E-state index is 14.5. The van der Waals surface area contributed by atoms with Gasteiger partial charge in [0.15, 0.2) is 16.7 Å². The number of rotatable bonds is 8. The van der Waals surface area contributed by atoms with Crippen LogP contribution in [0.25, 0.3) is 21.3 Å². The summed E-state index contributed by atoms with van der Waals surface area (Å²) in [5, 5.41) is 3.25. The minimum absolute atomic E-state index is 0.0890. The summed E-state index contributed by atoms with van der Waals surface area (Å²) in [6.45, 7) is 5.70. The SMILES string of the molecule is COc1ncc(-c2ccc3nc(N)sc3c2)cc1C(=O)NC(C)c1cc(F)cc(F)c1OCC(C)C. The van der Waals surface area contributed by atoms with Gasteiger partial charge in [-0.1, -0.05) is 31.3 Å². The molecule has 0 aliphatic heterocycles. The highest BCUT2D eigenvalue weighted by Gasteiger charge is 2.23. The number of carbonyl (C=O) groups is 1. The molecule has 1 amide bonds. The van der Waals surface area contributed by atoms with Crippen LogP contribution < -0.4 is 20.5 Å². The van der Waals surface area contributed by atoms with Crippen molar-refractivity contribution in [2.45, 2.75) is 26.8 Å². The predicted octanol–water partition coefficient (Wildman–Crippen LogP) is 5.75. The van der Waals surface area contributed by atoms with Crippen molar-refractivity contribution in [2.24, 2.45) is 5.92 Å². The highest BCUT2D eigenvalue weighted by atomic mass is 32.1. The highest BCUT2D eigenvalue weighted by molar-refractivity contribution is 7.22. The van der Waals surface area contributed by atoms with Crippen LogP contribution in [0.3, 0.4) is 0 Å². The fraction of sp³-hybridized carbons (Fsp3) is 0.269. The van der Waals surface area contributed by atoms with Crippen LogP contribution in [0.1, 0.15) is 42.7 Å². The van der Waals surface area contributed by atoms with Gasteiger partial charge in [0.1, 0.15) is 11.4 Å². The van der Waals surface area contributed by atoms with Gasteiger partial charge >= 0.3 is 0 Å². The van der Waals surface area contributed by atoms with E-state index in [2.05, 4.69) is 15.3 Å². The van der Waals surface area contributed by atoms with E-state index in [1.807, 2.05) is 32.0 Å². The van der Waals surface area contributed by atoms with Gasteiger partial charge in [0.2, 0.25) is 5.88 Å². The molecule has 188 valence electrons. The minimum Gasteiger partial charge on any atom is -0.490 e. The third-order valence-corrected chi connectivity index (χ3v) is 6.29. The number of halogens is 2. The average molecular weight is 513 g/mol. The molecule has 2 heterocycles. The Hall–Kier alpha value is -3.79. The number of nitrogens with two attached hydrogens (primary N) is 1. The molecule has 1 unspecified atom stereocenters. The second-order valence-corrected chi connectivity index (χ2v) is 9.78. The number of carbonyl (C=O) groups excluding carboxylic acids is 1. The van der Waals surface area contributed by atoms with Gasteiger partial charge in [-0.3, -0.25) is 4.79 Å². The number of aromatic nitrogens is 2. The highest BCUT2D eigenvalue weighted by Crippen LogP contribution is 2.32. The number of ether oxygens (including phenoxy) is 2. The number of nitrogen functional groups attached to an aromatic ring is 1. The maximum Gasteiger partial charge on any atom is 0.257 e. The van der Waals surface area contributed by atoms with E-state index in [-0.39, 0.29) is 35.3 Å². The van der Waals surface area contributed by atoms with Crippen LogP contribution in [0, 0.1) is 17.6 Å². The minimum atomic E-state index is -0.827. The van der Waals surface area contributed by atoms with Gasteiger partial charge in [0, 0.05) is 23.4 Å². The maximum absolute atomic E-state index is 14.5. The first-order chi connectivity index (χ1) is 17.2. The van der Waals surface area contributed by atoms with E-state index in [4.69, 9.17) is 15.2 Å². The molecule has 0 aliphatic rings. The van der Waals surface area contributed by atoms with Gasteiger partial charge < -0.3 is 20.5 Å². The van der Waals surface area contributed by atoms with Crippen LogP contribution in [0.4, 0.5) is 13.9 Å². The molecule has 1 atom stereocenters. The third kappa shape index (κ3) is 5.38. The summed E-state index contributed by atoms with van der Waals surface area (Å²) < 4.78 is 40.4. The summed E-state index contributed by atoms with van der Waals surface area (Å²) in [6, 6.07) is 8.44. The van der Waals surface area contributed by atoms with Crippen LogP contribution in [-0.2, 0) is 0 Å². The molecule has 2 aromatic carbocycles. The van der Waals surface area contributed by atoms with E-state index in [0.717, 1.165) is 27.9 Å². The Balaban J connectivity index is 1.64. The first-order valence-corrected chi connectivity index (χ1v) is 12.1. The van der Waals surface area contributed by atoms with Crippen LogP contribution in [0.2, 0.25) is 0 Å². The monoisotopic (exact) mass is 512 g/mol. The molecule has 0 saturated heterocycles. The number of pyridine rings is 1. The number of hydrogen-bond acceptors (Lipinski definition) is 7. The Labute approximate surface area is 211 Å². The molecule has 2 aromatic heterocycles. The fourth-order valence-electron chi connectivity index (χ4n) is 3.71. The van der Waals surface area contributed by atoms with Crippen molar-refractivity contribution in [3.05, 3.63) is 65.4 Å². The lowest BCUT2D eigenvalue weighted by Crippen LogP contribution is -2.28. The number of fused-ring (bicyclic) bond motifs is 1. The van der Waals surface area contributed by atoms with Crippen molar-refractivity contribution >= 4 is 32.6 Å². The topological polar surface area (TPSA) is 99.4 Å². The molecule has 0 bridgehead atoms. The van der Waals surface area contributed by atoms with Gasteiger partial charge in [-0.2, -0.15) is 0 Å². The number of benzene rings is 2. The van der Waals surface area contributed by atoms with Gasteiger partial charge in [-0.15, -0.1) is 0 Å². The Kier molecular flexibility index (Phi) is 7.35. The summed E-state index contributed by atoms with van der Waals surface area (Å²) in [5.41, 5.74) is 8.46. The van der Waals surface area contributed by atoms with Gasteiger partial charge in [0.05, 0.1) is 30.0 Å². The van der Waals surface area contributed by atoms with Crippen molar-refractivity contribution in [1.82, 2.24) is 15.3 Å². The van der Waals surface area contributed by atoms with E-state index in [1.165, 1.54) is 18.4 Å². The fourth-order valence-corrected chi connectivity index (χ4v) is 4.49. The van der Waals surface area contributed by atoms with Gasteiger partial charge in [-0.25, -0.2) is 18.7 Å². The Morgan fingerprint density at radius 1 is 1.14 bits per heavy atom. The smallest absolute Gasteiger partial charge is 0.257 e. The summed E-state index contributed by atoms with van der Waals surface area (Å²) in [5.74, 6) is -1.95. The van der Waals surface area contributed by atoms with Crippen molar-refractivity contribution in [1.29, 1.82) is 0 Å². The molecule has 36 heavy (non-hydrogen) atoms. The Bertz CT molecular complexity index is 1420. The van der Waals surface area contributed by atoms with Crippen LogP contribution in [0.15, 0.2) is 42.6 Å². The number of methoxy groups -OCH3 is 1. The molecule has 4 aromatic rings. The van der Waals surface area contributed by atoms with E-state index >= 15 is 0 Å². The van der Waals surface area contributed by atoms with Crippen molar-refractivity contribution in [2.75, 3.05) is 19.5 Å². The van der Waals surface area contributed by atoms with Gasteiger partial charge in [-0.05, 0) is 42.7 Å². The number of anilines is 1. The Morgan fingerprint density at radius 2 is 1.92 bits per heavy atom. The van der Waals surface area contributed by atoms with Gasteiger partial charge in [0.25, 0.3) is 5.91 Å². The second-order valence-electron chi connectivity index (χ2n) is 8.72. The zero-order valence-electron chi connectivity index (χ0n) is 20.3. The lowest BCUT2D eigenvalue weighted by atomic mass is 10.0. The predicted molar refractivity (Wildman–Crippen MR) is 136 cm³/mol. The number of amides is 1. The number of nitrogens with one attached hydrogen (secondary N) is 1. The van der Waals surface area contributed by atoms with E-state index in [9.17, 15) is 13.6 Å². The molecule has 0 fully saturated rings. The first kappa shape index (κ1) is 25.3. The molecule has 3 N–H and O–H groups in total. The van der Waals surface area contributed by atoms with Crippen LogP contribution in [0.5, 0.6) is 11.6 Å². The molecular formula is C26H26F2N4O3S. The molecule has 0 saturated carbocycles. The molecular weight excluding hydrogens is 486 g/mol. The summed E-state index contributed by atoms with van der Waals surface area (Å²) >= 11 is 1.36. The zero-order chi connectivity index (χ0) is 26.0. The molecule has 0 spiro atoms. The zero-order valence-corrected chi connectivity index (χ0v) is 21.1. The molecule has 10 heteroatoms. The summed E-state index contributed by atoms with van der Waals surface area (Å²) in [7, 11) is 1.41. The number of thiazole rings is 1. The molecule has 0 radical (unpaired) electrons. The van der Waals surface area contributed by atoms with E-state index < -0.39 is 23.6 Å². The van der Waals surface area contributed by atoms with Crippen molar-refractivity contribution < 1.29 is 23.0 Å². The summed E-state index contributed by atoms with van der Waals surface area (Å²) in [6.07, 6.45) is 1.60. The quantitative estimate of drug-likeness (QED) is 0.312. The second kappa shape index (κ2) is 10.4. The molecule has 4 rings (SSSR count). The number of nitrogens with zero attached hydrogens (tertiary/aromatic N) is 2. The van der Waals surface area contributed by atoms with Crippen LogP contribution in [-0.4, -0.2) is 29.6 Å². The lowest BCUT2D eigenvalue weighted by Gasteiger charge is -2.20. The van der Waals surface area contributed by atoms with E-state index in [0.29, 0.717) is 10.7 Å². The molecule has 7 nitrogen and oxygen atoms in total. The third-order valence-electron chi connectivity index (χ3n) is 5.44. The molecule has 0 aliphatic carbocycles. The summed E-state index contributed by atoms with van der Waals surface area (Å²) in [4.78, 5) is 21.8. The largest absolute Gasteiger partial charge is 0.490 e. The Morgan fingerprint density at radius 3 is 2.64 bits per heavy atom. The van der Waals surface area contributed by atoms with E-state index in [1.54, 1.807) is 19.2 Å². The van der Waals surface area contributed by atoms with Crippen molar-refractivity contribution in [3.63, 3.8) is 0 Å². The van der Waals surface area contributed by atoms with Crippen molar-refractivity contribution in [3.8, 4) is 22.8 Å². The standard InChI is InChI=1S/C26H26F2N4O3S/c1-13(2)12-35-23-18(9-17(27)10-20(23)28)14(3)31-24(33)19-7-16(11-30-25(19)34-4)15-5-6-21-22(8-15)36-26(29)32-21/h5-11,13-14H,12H2,1-4H3,(H2,29,32)(H,31,33). The first-order valence-electron chi connectivity index (χ1n) is 11.3. The number of hydrogen-bond donors (Lipinski definition) is 2. The van der Waals surface area contributed by atoms with Crippen LogP contribution >= 0.6 is 11.3 Å². The average Bonchev–Trinajstić information content (AvgIpc) is 3.21.